The van der Waals surface area contributed by atoms with Gasteiger partial charge in [0.2, 0.25) is 9.84 Å². The summed E-state index contributed by atoms with van der Waals surface area (Å²) in [5.74, 6) is -3.42. The monoisotopic (exact) mass is 291 g/mol. The average molecular weight is 291 g/mol. The van der Waals surface area contributed by atoms with Gasteiger partial charge in [0.1, 0.15) is 0 Å². The Morgan fingerprint density at radius 3 is 2.21 bits per heavy atom. The van der Waals surface area contributed by atoms with Gasteiger partial charge in [0.05, 0.1) is 4.90 Å². The zero-order valence-electron chi connectivity index (χ0n) is 11.2. The lowest BCUT2D eigenvalue weighted by molar-refractivity contribution is 0.234. The zero-order chi connectivity index (χ0) is 14.8. The van der Waals surface area contributed by atoms with Crippen LogP contribution in [0.4, 0.5) is 8.78 Å². The molecular weight excluding hydrogens is 272 g/mol. The number of sulfone groups is 1. The summed E-state index contributed by atoms with van der Waals surface area (Å²) in [7, 11) is -4.59. The molecule has 0 aliphatic rings. The molecule has 0 bridgehead atoms. The van der Waals surface area contributed by atoms with E-state index in [4.69, 9.17) is 5.73 Å². The number of halogens is 2. The molecule has 0 saturated carbocycles. The quantitative estimate of drug-likeness (QED) is 0.927. The predicted octanol–water partition coefficient (Wildman–Crippen LogP) is 2.60. The van der Waals surface area contributed by atoms with Crippen molar-refractivity contribution >= 4 is 9.84 Å². The van der Waals surface area contributed by atoms with E-state index in [1.807, 2.05) is 20.8 Å². The molecule has 19 heavy (non-hydrogen) atoms. The van der Waals surface area contributed by atoms with Gasteiger partial charge in [-0.3, -0.25) is 0 Å². The molecule has 2 N–H and O–H groups in total. The Balaban J connectivity index is 3.18. The van der Waals surface area contributed by atoms with Gasteiger partial charge in [-0.2, -0.15) is 8.78 Å². The number of hydrogen-bond acceptors (Lipinski definition) is 3. The lowest BCUT2D eigenvalue weighted by Gasteiger charge is -2.27. The van der Waals surface area contributed by atoms with E-state index < -0.39 is 15.6 Å². The van der Waals surface area contributed by atoms with Gasteiger partial charge in [-0.15, -0.1) is 0 Å². The van der Waals surface area contributed by atoms with E-state index in [0.717, 1.165) is 0 Å². The summed E-state index contributed by atoms with van der Waals surface area (Å²) in [6, 6.07) is 5.46. The first-order valence-electron chi connectivity index (χ1n) is 5.92. The second-order valence-corrected chi connectivity index (χ2v) is 7.48. The molecule has 0 saturated heterocycles. The highest BCUT2D eigenvalue weighted by atomic mass is 32.2. The second-order valence-electron chi connectivity index (χ2n) is 5.59. The van der Waals surface area contributed by atoms with E-state index in [-0.39, 0.29) is 22.8 Å². The van der Waals surface area contributed by atoms with Crippen LogP contribution in [-0.2, 0) is 16.3 Å². The van der Waals surface area contributed by atoms with Crippen LogP contribution in [0.1, 0.15) is 26.3 Å². The first kappa shape index (κ1) is 16.0. The molecule has 1 rings (SSSR count). The zero-order valence-corrected chi connectivity index (χ0v) is 12.0. The molecule has 1 aromatic carbocycles. The molecule has 0 aromatic heterocycles. The average Bonchev–Trinajstić information content (AvgIpc) is 2.28. The summed E-state index contributed by atoms with van der Waals surface area (Å²) in [5, 5.41) is 0. The normalized spacial score (nSPS) is 14.7. The van der Waals surface area contributed by atoms with E-state index >= 15 is 0 Å². The van der Waals surface area contributed by atoms with Crippen molar-refractivity contribution in [2.75, 3.05) is 0 Å². The van der Waals surface area contributed by atoms with Crippen molar-refractivity contribution in [2.45, 2.75) is 43.9 Å². The fourth-order valence-corrected chi connectivity index (χ4v) is 2.57. The highest BCUT2D eigenvalue weighted by Crippen LogP contribution is 2.26. The SMILES string of the molecule is CC(C)(C)C(N)Cc1ccccc1S(=O)(=O)C(F)F. The Bertz CT molecular complexity index is 536. The molecule has 1 aromatic rings. The van der Waals surface area contributed by atoms with Gasteiger partial charge in [0, 0.05) is 6.04 Å². The molecule has 0 aliphatic carbocycles. The highest BCUT2D eigenvalue weighted by Gasteiger charge is 2.30. The largest absolute Gasteiger partial charge is 0.341 e. The Kier molecular flexibility index (Phi) is 4.68. The maximum atomic E-state index is 12.6. The summed E-state index contributed by atoms with van der Waals surface area (Å²) in [4.78, 5) is -0.329. The van der Waals surface area contributed by atoms with Gasteiger partial charge in [0.25, 0.3) is 0 Å². The van der Waals surface area contributed by atoms with E-state index in [2.05, 4.69) is 0 Å². The second kappa shape index (κ2) is 5.54. The Labute approximate surface area is 112 Å². The van der Waals surface area contributed by atoms with Crippen molar-refractivity contribution < 1.29 is 17.2 Å². The van der Waals surface area contributed by atoms with Crippen LogP contribution < -0.4 is 5.73 Å². The lowest BCUT2D eigenvalue weighted by atomic mass is 9.84. The van der Waals surface area contributed by atoms with Crippen LogP contribution in [0.25, 0.3) is 0 Å². The molecule has 0 radical (unpaired) electrons. The van der Waals surface area contributed by atoms with Gasteiger partial charge in [-0.25, -0.2) is 8.42 Å². The third-order valence-corrected chi connectivity index (χ3v) is 4.55. The summed E-state index contributed by atoms with van der Waals surface area (Å²) < 4.78 is 48.4. The van der Waals surface area contributed by atoms with Crippen LogP contribution in [0.15, 0.2) is 29.2 Å². The van der Waals surface area contributed by atoms with Gasteiger partial charge in [-0.05, 0) is 23.5 Å². The minimum atomic E-state index is -4.59. The molecule has 0 spiro atoms. The summed E-state index contributed by atoms with van der Waals surface area (Å²) in [6.07, 6.45) is 0.242. The topological polar surface area (TPSA) is 60.2 Å². The van der Waals surface area contributed by atoms with Gasteiger partial charge >= 0.3 is 5.76 Å². The first-order valence-corrected chi connectivity index (χ1v) is 7.47. The van der Waals surface area contributed by atoms with Crippen molar-refractivity contribution in [3.63, 3.8) is 0 Å². The molecule has 0 heterocycles. The van der Waals surface area contributed by atoms with E-state index in [0.29, 0.717) is 5.56 Å². The smallest absolute Gasteiger partial charge is 0.327 e. The Hall–Kier alpha value is -1.01. The van der Waals surface area contributed by atoms with Crippen molar-refractivity contribution in [2.24, 2.45) is 11.1 Å². The predicted molar refractivity (Wildman–Crippen MR) is 70.8 cm³/mol. The molecule has 1 atom stereocenters. The third-order valence-electron chi connectivity index (χ3n) is 3.07. The number of nitrogens with two attached hydrogens (primary N) is 1. The molecule has 0 fully saturated rings. The molecular formula is C13H19F2NO2S. The van der Waals surface area contributed by atoms with Crippen LogP contribution in [0.2, 0.25) is 0 Å². The van der Waals surface area contributed by atoms with Gasteiger partial charge < -0.3 is 5.73 Å². The lowest BCUT2D eigenvalue weighted by Crippen LogP contribution is -2.37. The van der Waals surface area contributed by atoms with Gasteiger partial charge in [-0.1, -0.05) is 39.0 Å². The molecule has 108 valence electrons. The van der Waals surface area contributed by atoms with Crippen molar-refractivity contribution in [3.05, 3.63) is 29.8 Å². The van der Waals surface area contributed by atoms with Gasteiger partial charge in [0.15, 0.2) is 0 Å². The number of hydrogen-bond donors (Lipinski definition) is 1. The Morgan fingerprint density at radius 2 is 1.74 bits per heavy atom. The number of rotatable bonds is 4. The third kappa shape index (κ3) is 3.73. The van der Waals surface area contributed by atoms with Crippen LogP contribution in [-0.4, -0.2) is 20.2 Å². The van der Waals surface area contributed by atoms with Crippen LogP contribution in [0.3, 0.4) is 0 Å². The van der Waals surface area contributed by atoms with E-state index in [9.17, 15) is 17.2 Å². The maximum Gasteiger partial charge on any atom is 0.341 e. The standard InChI is InChI=1S/C13H19F2NO2S/c1-13(2,3)11(16)8-9-6-4-5-7-10(9)19(17,18)12(14)15/h4-7,11-12H,8,16H2,1-3H3. The molecule has 0 aliphatic heterocycles. The minimum absolute atomic E-state index is 0.234. The first-order chi connectivity index (χ1) is 8.56. The molecule has 0 amide bonds. The number of benzene rings is 1. The van der Waals surface area contributed by atoms with Crippen molar-refractivity contribution in [3.8, 4) is 0 Å². The van der Waals surface area contributed by atoms with Crippen LogP contribution >= 0.6 is 0 Å². The maximum absolute atomic E-state index is 12.6. The molecule has 6 heteroatoms. The van der Waals surface area contributed by atoms with Crippen molar-refractivity contribution in [1.29, 1.82) is 0 Å². The molecule has 3 nitrogen and oxygen atoms in total. The van der Waals surface area contributed by atoms with E-state index in [1.165, 1.54) is 18.2 Å². The number of alkyl halides is 2. The highest BCUT2D eigenvalue weighted by molar-refractivity contribution is 7.91. The fourth-order valence-electron chi connectivity index (χ4n) is 1.59. The summed E-state index contributed by atoms with van der Waals surface area (Å²) in [6.45, 7) is 5.76. The summed E-state index contributed by atoms with van der Waals surface area (Å²) in [5.41, 5.74) is 6.09. The fraction of sp³-hybridized carbons (Fsp3) is 0.538. The van der Waals surface area contributed by atoms with Crippen LogP contribution in [0, 0.1) is 5.41 Å². The van der Waals surface area contributed by atoms with Crippen LogP contribution in [0.5, 0.6) is 0 Å². The molecule has 1 unspecified atom stereocenters. The summed E-state index contributed by atoms with van der Waals surface area (Å²) >= 11 is 0. The van der Waals surface area contributed by atoms with E-state index in [1.54, 1.807) is 6.07 Å². The Morgan fingerprint density at radius 1 is 1.21 bits per heavy atom. The minimum Gasteiger partial charge on any atom is -0.327 e. The van der Waals surface area contributed by atoms with Crippen molar-refractivity contribution in [1.82, 2.24) is 0 Å².